The summed E-state index contributed by atoms with van der Waals surface area (Å²) in [5.41, 5.74) is 0. The second-order valence-electron chi connectivity index (χ2n) is 2.07. The maximum absolute atomic E-state index is 10.7. The van der Waals surface area contributed by atoms with Crippen molar-refractivity contribution in [3.05, 3.63) is 23.2 Å². The lowest BCUT2D eigenvalue weighted by Crippen LogP contribution is -2.07. The number of aromatic nitrogens is 2. The van der Waals surface area contributed by atoms with E-state index in [9.17, 15) is 4.79 Å². The largest absolute Gasteiger partial charge is 0.469 e. The van der Waals surface area contributed by atoms with Gasteiger partial charge in [-0.1, -0.05) is 11.6 Å². The normalized spacial score (nSPS) is 9.50. The van der Waals surface area contributed by atoms with Crippen LogP contribution in [0.4, 0.5) is 0 Å². The van der Waals surface area contributed by atoms with Crippen molar-refractivity contribution in [2.24, 2.45) is 0 Å². The van der Waals surface area contributed by atoms with Crippen LogP contribution in [0.1, 0.15) is 5.82 Å². The predicted molar refractivity (Wildman–Crippen MR) is 42.8 cm³/mol. The third-order valence-corrected chi connectivity index (χ3v) is 1.40. The summed E-state index contributed by atoms with van der Waals surface area (Å²) in [5, 5.41) is 0.448. The summed E-state index contributed by atoms with van der Waals surface area (Å²) < 4.78 is 4.43. The van der Waals surface area contributed by atoms with Gasteiger partial charge in [0.05, 0.1) is 12.1 Å². The van der Waals surface area contributed by atoms with Crippen molar-refractivity contribution in [3.8, 4) is 0 Å². The first-order chi connectivity index (χ1) is 5.72. The van der Waals surface area contributed by atoms with Gasteiger partial charge in [-0.3, -0.25) is 4.79 Å². The molecule has 0 spiro atoms. The van der Waals surface area contributed by atoms with Crippen molar-refractivity contribution in [2.75, 3.05) is 7.11 Å². The monoisotopic (exact) mass is 186 g/mol. The zero-order valence-electron chi connectivity index (χ0n) is 6.45. The number of carbonyl (C=O) groups excluding carboxylic acids is 1. The molecule has 1 heterocycles. The Kier molecular flexibility index (Phi) is 2.99. The molecule has 0 amide bonds. The summed E-state index contributed by atoms with van der Waals surface area (Å²) in [5.74, 6) is 0.0450. The molecule has 0 bridgehead atoms. The Balaban J connectivity index is 2.64. The van der Waals surface area contributed by atoms with Crippen molar-refractivity contribution in [2.45, 2.75) is 6.42 Å². The minimum atomic E-state index is -0.364. The number of halogens is 1. The van der Waals surface area contributed by atoms with E-state index in [4.69, 9.17) is 11.6 Å². The summed E-state index contributed by atoms with van der Waals surface area (Å²) in [6, 6.07) is 0. The van der Waals surface area contributed by atoms with Crippen LogP contribution in [-0.4, -0.2) is 23.0 Å². The van der Waals surface area contributed by atoms with E-state index in [1.807, 2.05) is 0 Å². The summed E-state index contributed by atoms with van der Waals surface area (Å²) in [7, 11) is 1.32. The Morgan fingerprint density at radius 3 is 2.67 bits per heavy atom. The Labute approximate surface area is 74.5 Å². The van der Waals surface area contributed by atoms with Gasteiger partial charge in [0.25, 0.3) is 0 Å². The molecule has 0 fully saturated rings. The average Bonchev–Trinajstić information content (AvgIpc) is 2.09. The van der Waals surface area contributed by atoms with Crippen LogP contribution in [0.3, 0.4) is 0 Å². The highest BCUT2D eigenvalue weighted by Crippen LogP contribution is 2.03. The second kappa shape index (κ2) is 4.01. The van der Waals surface area contributed by atoms with Gasteiger partial charge in [-0.05, 0) is 0 Å². The molecule has 0 saturated carbocycles. The zero-order valence-corrected chi connectivity index (χ0v) is 7.21. The van der Waals surface area contributed by atoms with E-state index in [0.717, 1.165) is 0 Å². The molecule has 1 rings (SSSR count). The highest BCUT2D eigenvalue weighted by molar-refractivity contribution is 6.30. The van der Waals surface area contributed by atoms with Crippen LogP contribution in [-0.2, 0) is 16.0 Å². The number of esters is 1. The Morgan fingerprint density at radius 2 is 2.17 bits per heavy atom. The molecule has 5 heteroatoms. The predicted octanol–water partition coefficient (Wildman–Crippen LogP) is 0.845. The van der Waals surface area contributed by atoms with E-state index in [1.165, 1.54) is 19.5 Å². The van der Waals surface area contributed by atoms with E-state index in [0.29, 0.717) is 10.8 Å². The summed E-state index contributed by atoms with van der Waals surface area (Å²) in [4.78, 5) is 18.4. The lowest BCUT2D eigenvalue weighted by atomic mass is 10.4. The fourth-order valence-corrected chi connectivity index (χ4v) is 0.729. The molecule has 4 nitrogen and oxygen atoms in total. The lowest BCUT2D eigenvalue weighted by Gasteiger charge is -1.97. The number of hydrogen-bond acceptors (Lipinski definition) is 4. The van der Waals surface area contributed by atoms with Crippen LogP contribution < -0.4 is 0 Å². The van der Waals surface area contributed by atoms with Gasteiger partial charge in [0.15, 0.2) is 0 Å². The van der Waals surface area contributed by atoms with Crippen LogP contribution in [0.25, 0.3) is 0 Å². The molecule has 0 aliphatic heterocycles. The zero-order chi connectivity index (χ0) is 8.97. The molecule has 0 unspecified atom stereocenters. The molecule has 0 saturated heterocycles. The molecule has 1 aromatic rings. The van der Waals surface area contributed by atoms with Gasteiger partial charge in [0, 0.05) is 12.4 Å². The first-order valence-electron chi connectivity index (χ1n) is 3.25. The van der Waals surface area contributed by atoms with Gasteiger partial charge >= 0.3 is 5.97 Å². The fraction of sp³-hybridized carbons (Fsp3) is 0.286. The van der Waals surface area contributed by atoms with Crippen molar-refractivity contribution in [1.82, 2.24) is 9.97 Å². The van der Waals surface area contributed by atoms with Crippen LogP contribution in [0.2, 0.25) is 5.02 Å². The van der Waals surface area contributed by atoms with Crippen molar-refractivity contribution >= 4 is 17.6 Å². The van der Waals surface area contributed by atoms with Crippen molar-refractivity contribution in [1.29, 1.82) is 0 Å². The molecule has 0 radical (unpaired) electrons. The number of hydrogen-bond donors (Lipinski definition) is 0. The summed E-state index contributed by atoms with van der Waals surface area (Å²) in [6.07, 6.45) is 2.95. The minimum absolute atomic E-state index is 0.0771. The first-order valence-corrected chi connectivity index (χ1v) is 3.63. The highest BCUT2D eigenvalue weighted by atomic mass is 35.5. The topological polar surface area (TPSA) is 52.1 Å². The third-order valence-electron chi connectivity index (χ3n) is 1.20. The van der Waals surface area contributed by atoms with Crippen LogP contribution in [0.5, 0.6) is 0 Å². The lowest BCUT2D eigenvalue weighted by molar-refractivity contribution is -0.139. The van der Waals surface area contributed by atoms with Crippen LogP contribution in [0, 0.1) is 0 Å². The standard InChI is InChI=1S/C7H7ClN2O2/c1-12-7(11)2-6-9-3-5(8)4-10-6/h3-4H,2H2,1H3. The fourth-order valence-electron chi connectivity index (χ4n) is 0.632. The van der Waals surface area contributed by atoms with Crippen LogP contribution in [0.15, 0.2) is 12.4 Å². The smallest absolute Gasteiger partial charge is 0.313 e. The second-order valence-corrected chi connectivity index (χ2v) is 2.51. The van der Waals surface area contributed by atoms with E-state index in [-0.39, 0.29) is 12.4 Å². The molecule has 0 aliphatic carbocycles. The average molecular weight is 187 g/mol. The Hall–Kier alpha value is -1.16. The highest BCUT2D eigenvalue weighted by Gasteiger charge is 2.04. The van der Waals surface area contributed by atoms with E-state index in [2.05, 4.69) is 14.7 Å². The summed E-state index contributed by atoms with van der Waals surface area (Å²) >= 11 is 5.54. The molecule has 0 N–H and O–H groups in total. The van der Waals surface area contributed by atoms with Gasteiger partial charge in [-0.15, -0.1) is 0 Å². The van der Waals surface area contributed by atoms with Crippen LogP contribution >= 0.6 is 11.6 Å². The number of methoxy groups -OCH3 is 1. The molecular formula is C7H7ClN2O2. The van der Waals surface area contributed by atoms with Gasteiger partial charge in [0.2, 0.25) is 0 Å². The molecule has 12 heavy (non-hydrogen) atoms. The first kappa shape index (κ1) is 8.93. The Morgan fingerprint density at radius 1 is 1.58 bits per heavy atom. The maximum Gasteiger partial charge on any atom is 0.313 e. The Bertz CT molecular complexity index is 273. The number of nitrogens with zero attached hydrogens (tertiary/aromatic N) is 2. The van der Waals surface area contributed by atoms with Gasteiger partial charge in [0.1, 0.15) is 12.2 Å². The molecule has 0 atom stereocenters. The third kappa shape index (κ3) is 2.47. The maximum atomic E-state index is 10.7. The van der Waals surface area contributed by atoms with E-state index < -0.39 is 0 Å². The van der Waals surface area contributed by atoms with E-state index in [1.54, 1.807) is 0 Å². The summed E-state index contributed by atoms with van der Waals surface area (Å²) in [6.45, 7) is 0. The van der Waals surface area contributed by atoms with Crippen molar-refractivity contribution < 1.29 is 9.53 Å². The molecule has 1 aromatic heterocycles. The molecule has 64 valence electrons. The minimum Gasteiger partial charge on any atom is -0.469 e. The van der Waals surface area contributed by atoms with Gasteiger partial charge < -0.3 is 4.74 Å². The molecule has 0 aliphatic rings. The molecular weight excluding hydrogens is 180 g/mol. The SMILES string of the molecule is COC(=O)Cc1ncc(Cl)cn1. The number of ether oxygens (including phenoxy) is 1. The van der Waals surface area contributed by atoms with E-state index >= 15 is 0 Å². The van der Waals surface area contributed by atoms with Gasteiger partial charge in [-0.25, -0.2) is 9.97 Å². The van der Waals surface area contributed by atoms with Gasteiger partial charge in [-0.2, -0.15) is 0 Å². The number of carbonyl (C=O) groups is 1. The molecule has 0 aromatic carbocycles. The van der Waals surface area contributed by atoms with Crippen molar-refractivity contribution in [3.63, 3.8) is 0 Å². The quantitative estimate of drug-likeness (QED) is 0.643. The number of rotatable bonds is 2.